The molecule has 0 spiro atoms. The van der Waals surface area contributed by atoms with Gasteiger partial charge in [-0.05, 0) is 51.7 Å². The number of methoxy groups -OCH3 is 1. The first kappa shape index (κ1) is 19.5. The van der Waals surface area contributed by atoms with Gasteiger partial charge in [0.05, 0.1) is 24.5 Å². The normalized spacial score (nSPS) is 15.9. The summed E-state index contributed by atoms with van der Waals surface area (Å²) in [6.45, 7) is 8.15. The topological polar surface area (TPSA) is 65.3 Å². The molecule has 7 nitrogen and oxygen atoms in total. The number of carbonyl (C=O) groups is 1. The average Bonchev–Trinajstić information content (AvgIpc) is 3.04. The lowest BCUT2D eigenvalue weighted by Gasteiger charge is -2.33. The highest BCUT2D eigenvalue weighted by Gasteiger charge is 2.28. The molecule has 1 amide bonds. The van der Waals surface area contributed by atoms with Crippen LogP contribution in [0.25, 0.3) is 5.52 Å². The van der Waals surface area contributed by atoms with E-state index >= 15 is 0 Å². The first-order chi connectivity index (χ1) is 12.9. The van der Waals surface area contributed by atoms with Crippen molar-refractivity contribution in [1.29, 1.82) is 0 Å². The number of likely N-dealkylation sites (tertiary alicyclic amines) is 1. The Labute approximate surface area is 160 Å². The lowest BCUT2D eigenvalue weighted by Crippen LogP contribution is -2.41. The highest BCUT2D eigenvalue weighted by Crippen LogP contribution is 2.32. The third-order valence-corrected chi connectivity index (χ3v) is 4.66. The van der Waals surface area contributed by atoms with Gasteiger partial charge in [-0.2, -0.15) is 5.10 Å². The zero-order chi connectivity index (χ0) is 19.4. The minimum atomic E-state index is -0.459. The van der Waals surface area contributed by atoms with E-state index in [2.05, 4.69) is 5.10 Å². The van der Waals surface area contributed by atoms with Crippen LogP contribution in [0.4, 0.5) is 4.79 Å². The Balaban J connectivity index is 1.62. The number of aromatic nitrogens is 2. The molecule has 0 radical (unpaired) electrons. The van der Waals surface area contributed by atoms with Gasteiger partial charge in [-0.15, -0.1) is 0 Å². The number of carbonyl (C=O) groups excluding carboxylic acids is 1. The van der Waals surface area contributed by atoms with Crippen molar-refractivity contribution in [3.8, 4) is 5.75 Å². The Morgan fingerprint density at radius 1 is 1.22 bits per heavy atom. The summed E-state index contributed by atoms with van der Waals surface area (Å²) >= 11 is 0. The Bertz CT molecular complexity index is 773. The fourth-order valence-electron chi connectivity index (χ4n) is 3.33. The molecule has 1 aliphatic rings. The van der Waals surface area contributed by atoms with Crippen LogP contribution in [0.15, 0.2) is 24.5 Å². The third-order valence-electron chi connectivity index (χ3n) is 4.66. The molecule has 0 saturated carbocycles. The van der Waals surface area contributed by atoms with Crippen LogP contribution in [0, 0.1) is 0 Å². The second kappa shape index (κ2) is 8.17. The SMILES string of the molecule is COCCOc1ccc2c(C3CCN(C(=O)OC(C)(C)C)CC3)cnn2c1. The quantitative estimate of drug-likeness (QED) is 0.749. The van der Waals surface area contributed by atoms with E-state index in [-0.39, 0.29) is 6.09 Å². The van der Waals surface area contributed by atoms with Gasteiger partial charge in [-0.1, -0.05) is 0 Å². The maximum atomic E-state index is 12.2. The molecule has 27 heavy (non-hydrogen) atoms. The lowest BCUT2D eigenvalue weighted by molar-refractivity contribution is 0.0205. The summed E-state index contributed by atoms with van der Waals surface area (Å²) in [5.41, 5.74) is 1.85. The van der Waals surface area contributed by atoms with Crippen LogP contribution in [0.3, 0.4) is 0 Å². The Morgan fingerprint density at radius 3 is 2.63 bits per heavy atom. The number of hydrogen-bond donors (Lipinski definition) is 0. The molecule has 1 fully saturated rings. The predicted octanol–water partition coefficient (Wildman–Crippen LogP) is 3.47. The van der Waals surface area contributed by atoms with Gasteiger partial charge in [-0.25, -0.2) is 9.31 Å². The van der Waals surface area contributed by atoms with Crippen molar-refractivity contribution in [2.24, 2.45) is 0 Å². The molecule has 0 unspecified atom stereocenters. The smallest absolute Gasteiger partial charge is 0.410 e. The maximum Gasteiger partial charge on any atom is 0.410 e. The van der Waals surface area contributed by atoms with E-state index in [9.17, 15) is 4.79 Å². The molecule has 0 aliphatic carbocycles. The first-order valence-electron chi connectivity index (χ1n) is 9.44. The predicted molar refractivity (Wildman–Crippen MR) is 102 cm³/mol. The van der Waals surface area contributed by atoms with Crippen molar-refractivity contribution >= 4 is 11.6 Å². The number of nitrogens with zero attached hydrogens (tertiary/aromatic N) is 3. The minimum Gasteiger partial charge on any atom is -0.490 e. The molecule has 0 N–H and O–H groups in total. The molecule has 148 valence electrons. The molecule has 7 heteroatoms. The largest absolute Gasteiger partial charge is 0.490 e. The highest BCUT2D eigenvalue weighted by atomic mass is 16.6. The zero-order valence-electron chi connectivity index (χ0n) is 16.6. The van der Waals surface area contributed by atoms with Crippen LogP contribution in [0.2, 0.25) is 0 Å². The second-order valence-corrected chi connectivity index (χ2v) is 7.88. The molecule has 0 bridgehead atoms. The Kier molecular flexibility index (Phi) is 5.89. The van der Waals surface area contributed by atoms with Gasteiger partial charge in [0.15, 0.2) is 0 Å². The summed E-state index contributed by atoms with van der Waals surface area (Å²) in [5, 5.41) is 4.49. The standard InChI is InChI=1S/C20H29N3O4/c1-20(2,3)27-19(24)22-9-7-15(8-10-22)17-13-21-23-14-16(5-6-18(17)23)26-12-11-25-4/h5-6,13-15H,7-12H2,1-4H3. The van der Waals surface area contributed by atoms with E-state index < -0.39 is 5.60 Å². The van der Waals surface area contributed by atoms with Crippen molar-refractivity contribution < 1.29 is 19.0 Å². The van der Waals surface area contributed by atoms with Crippen molar-refractivity contribution in [2.75, 3.05) is 33.4 Å². The Morgan fingerprint density at radius 2 is 1.96 bits per heavy atom. The van der Waals surface area contributed by atoms with Gasteiger partial charge in [0.2, 0.25) is 0 Å². The van der Waals surface area contributed by atoms with Crippen LogP contribution in [-0.2, 0) is 9.47 Å². The molecule has 3 rings (SSSR count). The molecule has 1 aliphatic heterocycles. The second-order valence-electron chi connectivity index (χ2n) is 7.88. The number of rotatable bonds is 5. The van der Waals surface area contributed by atoms with E-state index in [1.807, 2.05) is 49.8 Å². The molecule has 2 aromatic heterocycles. The summed E-state index contributed by atoms with van der Waals surface area (Å²) in [4.78, 5) is 14.0. The number of ether oxygens (including phenoxy) is 3. The number of hydrogen-bond acceptors (Lipinski definition) is 5. The molecule has 2 aromatic rings. The molecule has 1 saturated heterocycles. The van der Waals surface area contributed by atoms with Gasteiger partial charge < -0.3 is 19.1 Å². The number of pyridine rings is 1. The van der Waals surface area contributed by atoms with Crippen LogP contribution in [0.5, 0.6) is 5.75 Å². The van der Waals surface area contributed by atoms with Crippen molar-refractivity contribution in [3.63, 3.8) is 0 Å². The number of piperidine rings is 1. The monoisotopic (exact) mass is 375 g/mol. The van der Waals surface area contributed by atoms with Crippen LogP contribution in [-0.4, -0.2) is 59.6 Å². The van der Waals surface area contributed by atoms with E-state index in [4.69, 9.17) is 14.2 Å². The fourth-order valence-corrected chi connectivity index (χ4v) is 3.33. The minimum absolute atomic E-state index is 0.223. The summed E-state index contributed by atoms with van der Waals surface area (Å²) in [5.74, 6) is 1.16. The van der Waals surface area contributed by atoms with Gasteiger partial charge in [0.25, 0.3) is 0 Å². The van der Waals surface area contributed by atoms with E-state index in [1.54, 1.807) is 12.0 Å². The summed E-state index contributed by atoms with van der Waals surface area (Å²) in [7, 11) is 1.65. The van der Waals surface area contributed by atoms with Crippen molar-refractivity contribution in [2.45, 2.75) is 45.1 Å². The molecule has 3 heterocycles. The van der Waals surface area contributed by atoms with E-state index in [0.29, 0.717) is 32.2 Å². The highest BCUT2D eigenvalue weighted by molar-refractivity contribution is 5.68. The zero-order valence-corrected chi connectivity index (χ0v) is 16.6. The molecule has 0 atom stereocenters. The summed E-state index contributed by atoms with van der Waals surface area (Å²) in [6.07, 6.45) is 5.42. The maximum absolute atomic E-state index is 12.2. The molecule has 0 aromatic carbocycles. The first-order valence-corrected chi connectivity index (χ1v) is 9.44. The third kappa shape index (κ3) is 4.91. The van der Waals surface area contributed by atoms with Crippen LogP contribution >= 0.6 is 0 Å². The van der Waals surface area contributed by atoms with Gasteiger partial charge in [-0.3, -0.25) is 0 Å². The summed E-state index contributed by atoms with van der Waals surface area (Å²) in [6, 6.07) is 4.01. The van der Waals surface area contributed by atoms with E-state index in [0.717, 1.165) is 24.1 Å². The molecular weight excluding hydrogens is 346 g/mol. The summed E-state index contributed by atoms with van der Waals surface area (Å²) < 4.78 is 18.0. The number of fused-ring (bicyclic) bond motifs is 1. The molecular formula is C20H29N3O4. The number of amides is 1. The fraction of sp³-hybridized carbons (Fsp3) is 0.600. The van der Waals surface area contributed by atoms with Crippen LogP contribution in [0.1, 0.15) is 45.1 Å². The average molecular weight is 375 g/mol. The van der Waals surface area contributed by atoms with E-state index in [1.165, 1.54) is 5.56 Å². The van der Waals surface area contributed by atoms with Gasteiger partial charge in [0, 0.05) is 25.8 Å². The van der Waals surface area contributed by atoms with Gasteiger partial charge in [0.1, 0.15) is 18.0 Å². The van der Waals surface area contributed by atoms with Crippen LogP contribution < -0.4 is 4.74 Å². The van der Waals surface area contributed by atoms with Gasteiger partial charge >= 0.3 is 6.09 Å². The van der Waals surface area contributed by atoms with Crippen molar-refractivity contribution in [3.05, 3.63) is 30.1 Å². The van der Waals surface area contributed by atoms with Crippen molar-refractivity contribution in [1.82, 2.24) is 14.5 Å². The Hall–Kier alpha value is -2.28. The lowest BCUT2D eigenvalue weighted by atomic mass is 9.90.